The Kier molecular flexibility index (Phi) is 2.53. The van der Waals surface area contributed by atoms with Crippen molar-refractivity contribution in [3.63, 3.8) is 0 Å². The maximum Gasteiger partial charge on any atom is 0.250 e. The van der Waals surface area contributed by atoms with Gasteiger partial charge in [-0.2, -0.15) is 0 Å². The van der Waals surface area contributed by atoms with Crippen molar-refractivity contribution in [3.8, 4) is 5.88 Å². The van der Waals surface area contributed by atoms with E-state index in [1.165, 1.54) is 6.07 Å². The van der Waals surface area contributed by atoms with Crippen LogP contribution in [0, 0.1) is 0 Å². The number of hydrogen-bond acceptors (Lipinski definition) is 2. The van der Waals surface area contributed by atoms with E-state index in [2.05, 4.69) is 18.8 Å². The van der Waals surface area contributed by atoms with Crippen molar-refractivity contribution < 1.29 is 4.74 Å². The first-order valence-corrected chi connectivity index (χ1v) is 3.92. The first-order valence-electron chi connectivity index (χ1n) is 3.92. The summed E-state index contributed by atoms with van der Waals surface area (Å²) in [5.41, 5.74) is 0.897. The highest BCUT2D eigenvalue weighted by Crippen LogP contribution is 2.21. The molecule has 1 aromatic rings. The van der Waals surface area contributed by atoms with E-state index in [1.54, 1.807) is 13.2 Å². The molecule has 0 aromatic carbocycles. The van der Waals surface area contributed by atoms with Crippen LogP contribution in [0.4, 0.5) is 0 Å². The van der Waals surface area contributed by atoms with Gasteiger partial charge >= 0.3 is 0 Å². The van der Waals surface area contributed by atoms with Crippen LogP contribution >= 0.6 is 0 Å². The predicted molar refractivity (Wildman–Crippen MR) is 47.7 cm³/mol. The van der Waals surface area contributed by atoms with Crippen LogP contribution in [0.3, 0.4) is 0 Å². The van der Waals surface area contributed by atoms with Crippen molar-refractivity contribution in [3.05, 3.63) is 28.0 Å². The highest BCUT2D eigenvalue weighted by Gasteiger charge is 2.06. The molecule has 66 valence electrons. The summed E-state index contributed by atoms with van der Waals surface area (Å²) in [4.78, 5) is 13.5. The fraction of sp³-hybridized carbons (Fsp3) is 0.444. The number of pyridine rings is 1. The van der Waals surface area contributed by atoms with Crippen molar-refractivity contribution >= 4 is 0 Å². The monoisotopic (exact) mass is 167 g/mol. The van der Waals surface area contributed by atoms with Gasteiger partial charge in [0.2, 0.25) is 0 Å². The summed E-state index contributed by atoms with van der Waals surface area (Å²) >= 11 is 0. The minimum atomic E-state index is -0.128. The Morgan fingerprint density at radius 1 is 1.42 bits per heavy atom. The second kappa shape index (κ2) is 3.43. The average Bonchev–Trinajstić information content (AvgIpc) is 2.03. The molecule has 12 heavy (non-hydrogen) atoms. The molecule has 1 heterocycles. The fourth-order valence-corrected chi connectivity index (χ4v) is 1.09. The van der Waals surface area contributed by atoms with Gasteiger partial charge in [0.05, 0.1) is 7.11 Å². The summed E-state index contributed by atoms with van der Waals surface area (Å²) < 4.78 is 5.03. The summed E-state index contributed by atoms with van der Waals surface area (Å²) in [5.74, 6) is 0.925. The molecule has 0 unspecified atom stereocenters. The van der Waals surface area contributed by atoms with Gasteiger partial charge in [-0.25, -0.2) is 0 Å². The van der Waals surface area contributed by atoms with Crippen molar-refractivity contribution in [1.82, 2.24) is 4.98 Å². The molecule has 1 aromatic heterocycles. The molecule has 1 rings (SSSR count). The van der Waals surface area contributed by atoms with Crippen LogP contribution in [0.5, 0.6) is 5.88 Å². The average molecular weight is 167 g/mol. The van der Waals surface area contributed by atoms with Gasteiger partial charge in [-0.15, -0.1) is 0 Å². The number of rotatable bonds is 2. The van der Waals surface area contributed by atoms with Gasteiger partial charge in [0, 0.05) is 11.6 Å². The zero-order valence-electron chi connectivity index (χ0n) is 7.55. The molecule has 0 saturated carbocycles. The van der Waals surface area contributed by atoms with Gasteiger partial charge < -0.3 is 4.74 Å². The molecule has 0 radical (unpaired) electrons. The lowest BCUT2D eigenvalue weighted by Crippen LogP contribution is -2.08. The van der Waals surface area contributed by atoms with Gasteiger partial charge in [0.1, 0.15) is 0 Å². The fourth-order valence-electron chi connectivity index (χ4n) is 1.09. The number of aromatic nitrogens is 1. The van der Waals surface area contributed by atoms with Gasteiger partial charge in [-0.1, -0.05) is 13.8 Å². The van der Waals surface area contributed by atoms with Gasteiger partial charge in [-0.3, -0.25) is 9.78 Å². The number of nitrogens with one attached hydrogen (secondary N) is 1. The molecular weight excluding hydrogens is 154 g/mol. The zero-order valence-corrected chi connectivity index (χ0v) is 7.55. The molecule has 1 N–H and O–H groups in total. The molecule has 0 amide bonds. The number of H-pyrrole nitrogens is 1. The van der Waals surface area contributed by atoms with E-state index in [0.29, 0.717) is 11.8 Å². The molecule has 3 heteroatoms. The summed E-state index contributed by atoms with van der Waals surface area (Å²) in [6.07, 6.45) is 0. The molecule has 0 fully saturated rings. The third-order valence-corrected chi connectivity index (χ3v) is 1.74. The van der Waals surface area contributed by atoms with E-state index in [4.69, 9.17) is 4.74 Å². The number of ether oxygens (including phenoxy) is 1. The van der Waals surface area contributed by atoms with Crippen molar-refractivity contribution in [2.45, 2.75) is 19.8 Å². The molecule has 0 aliphatic heterocycles. The summed E-state index contributed by atoms with van der Waals surface area (Å²) in [5, 5.41) is 0. The largest absolute Gasteiger partial charge is 0.482 e. The highest BCUT2D eigenvalue weighted by molar-refractivity contribution is 5.28. The second-order valence-electron chi connectivity index (χ2n) is 2.97. The maximum atomic E-state index is 10.9. The van der Waals surface area contributed by atoms with Gasteiger partial charge in [-0.05, 0) is 12.0 Å². The molecule has 0 spiro atoms. The van der Waals surface area contributed by atoms with Crippen LogP contribution in [0.1, 0.15) is 25.3 Å². The quantitative estimate of drug-likeness (QED) is 0.725. The van der Waals surface area contributed by atoms with Gasteiger partial charge in [0.15, 0.2) is 5.88 Å². The number of methoxy groups -OCH3 is 1. The Morgan fingerprint density at radius 3 is 2.58 bits per heavy atom. The van der Waals surface area contributed by atoms with Crippen molar-refractivity contribution in [2.24, 2.45) is 0 Å². The summed E-state index contributed by atoms with van der Waals surface area (Å²) in [7, 11) is 1.55. The van der Waals surface area contributed by atoms with E-state index in [9.17, 15) is 4.79 Å². The smallest absolute Gasteiger partial charge is 0.250 e. The molecule has 3 nitrogen and oxygen atoms in total. The minimum Gasteiger partial charge on any atom is -0.482 e. The molecule has 0 saturated heterocycles. The summed E-state index contributed by atoms with van der Waals surface area (Å²) in [6.45, 7) is 4.10. The van der Waals surface area contributed by atoms with E-state index >= 15 is 0 Å². The van der Waals surface area contributed by atoms with Crippen molar-refractivity contribution in [1.29, 1.82) is 0 Å². The second-order valence-corrected chi connectivity index (χ2v) is 2.97. The maximum absolute atomic E-state index is 10.9. The van der Waals surface area contributed by atoms with Crippen LogP contribution in [-0.4, -0.2) is 12.1 Å². The van der Waals surface area contributed by atoms with Crippen molar-refractivity contribution in [2.75, 3.05) is 7.11 Å². The predicted octanol–water partition coefficient (Wildman–Crippen LogP) is 1.51. The van der Waals surface area contributed by atoms with Crippen LogP contribution in [0.2, 0.25) is 0 Å². The standard InChI is InChI=1S/C9H13NO2/c1-6(2)7-4-5-8(11)10-9(7)12-3/h4-6H,1-3H3,(H,10,11). The number of hydrogen-bond donors (Lipinski definition) is 1. The zero-order chi connectivity index (χ0) is 9.14. The van der Waals surface area contributed by atoms with Crippen LogP contribution in [0.25, 0.3) is 0 Å². The third-order valence-electron chi connectivity index (χ3n) is 1.74. The van der Waals surface area contributed by atoms with Gasteiger partial charge in [0.25, 0.3) is 5.56 Å². The van der Waals surface area contributed by atoms with Crippen LogP contribution < -0.4 is 10.3 Å². The molecular formula is C9H13NO2. The normalized spacial score (nSPS) is 10.3. The Bertz CT molecular complexity index is 315. The molecule has 0 atom stereocenters. The SMILES string of the molecule is COc1[nH]c(=O)ccc1C(C)C. The number of aromatic amines is 1. The highest BCUT2D eigenvalue weighted by atomic mass is 16.5. The summed E-state index contributed by atoms with van der Waals surface area (Å²) in [6, 6.07) is 3.31. The Morgan fingerprint density at radius 2 is 2.08 bits per heavy atom. The van der Waals surface area contributed by atoms with Crippen LogP contribution in [0.15, 0.2) is 16.9 Å². The molecule has 0 bridgehead atoms. The lowest BCUT2D eigenvalue weighted by molar-refractivity contribution is 0.389. The van der Waals surface area contributed by atoms with E-state index in [0.717, 1.165) is 5.56 Å². The first-order chi connectivity index (χ1) is 5.65. The lowest BCUT2D eigenvalue weighted by atomic mass is 10.1. The van der Waals surface area contributed by atoms with E-state index in [-0.39, 0.29) is 5.56 Å². The molecule has 0 aliphatic rings. The minimum absolute atomic E-state index is 0.128. The van der Waals surface area contributed by atoms with E-state index in [1.807, 2.05) is 0 Å². The molecule has 0 aliphatic carbocycles. The Hall–Kier alpha value is -1.25. The first kappa shape index (κ1) is 8.84. The van der Waals surface area contributed by atoms with Crippen LogP contribution in [-0.2, 0) is 0 Å². The Labute approximate surface area is 71.4 Å². The topological polar surface area (TPSA) is 42.1 Å². The van der Waals surface area contributed by atoms with E-state index < -0.39 is 0 Å². The third kappa shape index (κ3) is 1.67. The lowest BCUT2D eigenvalue weighted by Gasteiger charge is -2.09. The Balaban J connectivity index is 3.20.